The van der Waals surface area contributed by atoms with E-state index in [1.54, 1.807) is 24.8 Å². The van der Waals surface area contributed by atoms with Crippen LogP contribution < -0.4 is 0 Å². The van der Waals surface area contributed by atoms with Gasteiger partial charge in [0.05, 0.1) is 5.56 Å². The quantitative estimate of drug-likeness (QED) is 0.0693. The molecule has 0 bridgehead atoms. The van der Waals surface area contributed by atoms with Gasteiger partial charge in [-0.15, -0.1) is 0 Å². The molecule has 596 valence electrons. The highest BCUT2D eigenvalue weighted by atomic mass is 35.5. The van der Waals surface area contributed by atoms with Crippen LogP contribution in [0.1, 0.15) is 216 Å². The van der Waals surface area contributed by atoms with Crippen molar-refractivity contribution in [2.24, 2.45) is 7.05 Å². The second-order valence-corrected chi connectivity index (χ2v) is 29.0. The summed E-state index contributed by atoms with van der Waals surface area (Å²) in [7, 11) is 1.92. The maximum absolute atomic E-state index is 12.3. The summed E-state index contributed by atoms with van der Waals surface area (Å²) in [4.78, 5) is 41.4. The van der Waals surface area contributed by atoms with E-state index < -0.39 is 11.9 Å². The van der Waals surface area contributed by atoms with Crippen LogP contribution in [0.3, 0.4) is 0 Å². The number of benzene rings is 4. The van der Waals surface area contributed by atoms with Crippen LogP contribution in [0.5, 0.6) is 0 Å². The zero-order valence-corrected chi connectivity index (χ0v) is 68.5. The van der Waals surface area contributed by atoms with Crippen molar-refractivity contribution >= 4 is 23.8 Å². The number of rotatable bonds is 15. The van der Waals surface area contributed by atoms with Gasteiger partial charge >= 0.3 is 6.18 Å². The van der Waals surface area contributed by atoms with Crippen LogP contribution in [0.25, 0.3) is 80.0 Å². The van der Waals surface area contributed by atoms with Gasteiger partial charge in [0.25, 0.3) is 23.6 Å². The monoisotopic (exact) mass is 1590 g/mol. The topological polar surface area (TPSA) is 353 Å². The van der Waals surface area contributed by atoms with Gasteiger partial charge in [0, 0.05) is 124 Å². The number of aryl methyl sites for hydroxylation is 1. The van der Waals surface area contributed by atoms with E-state index in [2.05, 4.69) is 174 Å². The summed E-state index contributed by atoms with van der Waals surface area (Å²) < 4.78 is 59.9. The summed E-state index contributed by atoms with van der Waals surface area (Å²) in [6.07, 6.45) is 3.50. The number of hydrogen-bond acceptors (Lipinski definition) is 23. The molecule has 0 aliphatic heterocycles. The first kappa shape index (κ1) is 87.3. The Bertz CT molecular complexity index is 4890. The molecule has 0 atom stereocenters. The van der Waals surface area contributed by atoms with Gasteiger partial charge in [-0.1, -0.05) is 209 Å². The molecule has 27 nitrogen and oxygen atoms in total. The molecule has 4 aromatic carbocycles. The normalized spacial score (nSPS) is 11.0. The minimum Gasteiger partial charge on any atom is -0.334 e. The number of hydrogen-bond donors (Lipinski definition) is 4. The van der Waals surface area contributed by atoms with Gasteiger partial charge in [-0.3, -0.25) is 35.3 Å². The van der Waals surface area contributed by atoms with E-state index in [1.807, 2.05) is 200 Å². The molecule has 0 spiro atoms. The number of halogens is 4. The number of H-pyrrole nitrogens is 4. The first-order chi connectivity index (χ1) is 54.4. The summed E-state index contributed by atoms with van der Waals surface area (Å²) in [6, 6.07) is 44.9. The Morgan fingerprint density at radius 3 is 1.00 bits per heavy atom. The van der Waals surface area contributed by atoms with Crippen LogP contribution >= 0.6 is 23.8 Å². The largest absolute Gasteiger partial charge is 0.433 e. The number of nitrogens with one attached hydrogen (secondary N) is 4. The second-order valence-electron chi connectivity index (χ2n) is 28.2. The third-order valence-electron chi connectivity index (χ3n) is 16.0. The Balaban J connectivity index is 0.000000164. The van der Waals surface area contributed by atoms with Crippen LogP contribution in [0.4, 0.5) is 13.2 Å². The molecule has 11 aromatic heterocycles. The SMILES string of the molecule is CC(C)c1n[nH]c(=S)n1C.CC(C)c1nc(-c2ccc(Cl)cc2)n[nH]1.CC(C)c1nc(-c2ccccc2)n[nH]1.CC(C)c1nc(-c2ccncc2)n[nH]1.CC(C)c1noc(-c2ccc(C(F)(F)F)nc2)n1.CC(C)c1noc(-c2ccccc2)n1.CC(C)c1noc(-c2ccncc2)n1.Cc1ccc(-c2nc(C(C)C)no2)cc1. The third-order valence-corrected chi connectivity index (χ3v) is 16.6. The van der Waals surface area contributed by atoms with Crippen molar-refractivity contribution in [3.05, 3.63) is 244 Å². The molecule has 4 N–H and O–H groups in total. The average molecular weight is 1590 g/mol. The van der Waals surface area contributed by atoms with Crippen molar-refractivity contribution in [2.75, 3.05) is 0 Å². The van der Waals surface area contributed by atoms with Crippen LogP contribution in [-0.4, -0.2) is 116 Å². The summed E-state index contributed by atoms with van der Waals surface area (Å²) >= 11 is 10.7. The van der Waals surface area contributed by atoms with Crippen LogP contribution in [-0.2, 0) is 13.2 Å². The van der Waals surface area contributed by atoms with E-state index in [9.17, 15) is 13.2 Å². The highest BCUT2D eigenvalue weighted by molar-refractivity contribution is 7.71. The van der Waals surface area contributed by atoms with Crippen molar-refractivity contribution in [3.63, 3.8) is 0 Å². The summed E-state index contributed by atoms with van der Waals surface area (Å²) in [5.74, 6) is 13.2. The third kappa shape index (κ3) is 26.5. The Kier molecular flexibility index (Phi) is 32.5. The molecule has 0 saturated heterocycles. The summed E-state index contributed by atoms with van der Waals surface area (Å²) in [6.45, 7) is 34.7. The molecule has 0 aliphatic rings. The van der Waals surface area contributed by atoms with Crippen molar-refractivity contribution in [2.45, 2.75) is 171 Å². The molecule has 0 fully saturated rings. The lowest BCUT2D eigenvalue weighted by Crippen LogP contribution is -2.07. The van der Waals surface area contributed by atoms with Gasteiger partial charge in [0.1, 0.15) is 29.0 Å². The lowest BCUT2D eigenvalue weighted by molar-refractivity contribution is -0.141. The first-order valence-electron chi connectivity index (χ1n) is 36.9. The van der Waals surface area contributed by atoms with Gasteiger partial charge in [-0.2, -0.15) is 53.5 Å². The van der Waals surface area contributed by atoms with E-state index in [0.717, 1.165) is 109 Å². The van der Waals surface area contributed by atoms with E-state index >= 15 is 0 Å². The molecule has 15 aromatic rings. The second kappa shape index (κ2) is 42.4. The Morgan fingerprint density at radius 1 is 0.368 bits per heavy atom. The molecular weight excluding hydrogens is 1500 g/mol. The Hall–Kier alpha value is -12.3. The summed E-state index contributed by atoms with van der Waals surface area (Å²) in [5, 5.41) is 44.2. The molecule has 0 saturated carbocycles. The number of aromatic amines is 4. The standard InChI is InChI=1S/C12H14N2O.C11H12ClN3.C11H10F3N3O.C11H13N3.C11H12N2O.C10H12N4.C10H11N3O.C6H11N3S/c1-8(2)11-13-12(15-14-11)10-6-4-9(3)5-7-10;1-7(2)10-13-11(15-14-10)8-3-5-9(12)6-4-8;1-6(2)9-16-10(18-17-9)7-3-4-8(15-5-7)11(12,13)14;2*1-8(2)10-12-11(14-13-10)9-6-4-3-5-7-9;2*1-7(2)9-12-10(14-13-9)8-3-5-11-6-4-8;1-4(2)5-7-8-6(10)9(5)3/h4-8H,1-3H3;3-7H,1-2H3,(H,13,14,15);3-6H,1-2H3;3-8H,1-2H3,(H,12,13,14);3-8H,1-2H3;3-7H,1-2H3,(H,12,13,14);3-7H,1-2H3;4H,1-3H3,(H,8,10). The number of pyridine rings is 3. The van der Waals surface area contributed by atoms with Crippen molar-refractivity contribution < 1.29 is 31.3 Å². The summed E-state index contributed by atoms with van der Waals surface area (Å²) in [5.41, 5.74) is 6.49. The van der Waals surface area contributed by atoms with Crippen molar-refractivity contribution in [1.29, 1.82) is 0 Å². The zero-order chi connectivity index (χ0) is 82.6. The first-order valence-corrected chi connectivity index (χ1v) is 37.7. The van der Waals surface area contributed by atoms with Crippen LogP contribution in [0, 0.1) is 11.7 Å². The van der Waals surface area contributed by atoms with E-state index in [4.69, 9.17) is 41.9 Å². The van der Waals surface area contributed by atoms with Gasteiger partial charge < -0.3 is 22.7 Å². The van der Waals surface area contributed by atoms with Gasteiger partial charge in [-0.25, -0.2) is 15.0 Å². The highest BCUT2D eigenvalue weighted by Gasteiger charge is 2.32. The van der Waals surface area contributed by atoms with Crippen LogP contribution in [0.2, 0.25) is 5.02 Å². The van der Waals surface area contributed by atoms with Gasteiger partial charge in [-0.05, 0) is 104 Å². The molecule has 11 heterocycles. The zero-order valence-electron chi connectivity index (χ0n) is 66.9. The van der Waals surface area contributed by atoms with Gasteiger partial charge in [0.15, 0.2) is 45.5 Å². The molecule has 0 aliphatic carbocycles. The maximum atomic E-state index is 12.3. The van der Waals surface area contributed by atoms with E-state index in [1.165, 1.54) is 11.6 Å². The number of alkyl halides is 3. The van der Waals surface area contributed by atoms with Crippen molar-refractivity contribution in [1.82, 2.24) is 116 Å². The molecule has 0 radical (unpaired) electrons. The predicted octanol–water partition coefficient (Wildman–Crippen LogP) is 21.0. The molecule has 0 amide bonds. The van der Waals surface area contributed by atoms with Crippen molar-refractivity contribution in [3.8, 4) is 80.0 Å². The lowest BCUT2D eigenvalue weighted by Gasteiger charge is -2.04. The maximum Gasteiger partial charge on any atom is 0.433 e. The molecule has 0 unspecified atom stereocenters. The minimum atomic E-state index is -4.45. The highest BCUT2D eigenvalue weighted by Crippen LogP contribution is 2.30. The average Bonchev–Trinajstić information content (AvgIpc) is 1.70. The minimum absolute atomic E-state index is 0.0879. The molecule has 114 heavy (non-hydrogen) atoms. The smallest absolute Gasteiger partial charge is 0.334 e. The number of aromatic nitrogens is 23. The molecule has 32 heteroatoms. The molecule has 15 rings (SSSR count). The lowest BCUT2D eigenvalue weighted by atomic mass is 10.1. The Morgan fingerprint density at radius 2 is 0.693 bits per heavy atom. The number of nitrogens with zero attached hydrogens (tertiary/aromatic N) is 19. The van der Waals surface area contributed by atoms with Gasteiger partial charge in [0.2, 0.25) is 0 Å². The Labute approximate surface area is 669 Å². The molecular formula is C82H95ClF3N23O4S. The predicted molar refractivity (Wildman–Crippen MR) is 434 cm³/mol. The van der Waals surface area contributed by atoms with Crippen LogP contribution in [0.15, 0.2) is 195 Å². The fourth-order valence-corrected chi connectivity index (χ4v) is 9.62. The fraction of sp³-hybridized carbons (Fsp3) is 0.329. The fourth-order valence-electron chi connectivity index (χ4n) is 9.35. The van der Waals surface area contributed by atoms with E-state index in [0.29, 0.717) is 69.3 Å². The van der Waals surface area contributed by atoms with E-state index in [-0.39, 0.29) is 17.7 Å².